The normalized spacial score (nSPS) is 10.3. The maximum atomic E-state index is 11.7. The second-order valence-corrected chi connectivity index (χ2v) is 4.23. The minimum Gasteiger partial charge on any atom is -0.397 e. The van der Waals surface area contributed by atoms with Crippen LogP contribution in [0.2, 0.25) is 0 Å². The summed E-state index contributed by atoms with van der Waals surface area (Å²) in [6.45, 7) is 2.14. The topological polar surface area (TPSA) is 81.2 Å². The zero-order chi connectivity index (χ0) is 11.5. The third-order valence-electron chi connectivity index (χ3n) is 2.01. The van der Waals surface area contributed by atoms with Crippen LogP contribution in [0.3, 0.4) is 0 Å². The fraction of sp³-hybridized carbons (Fsp3) is 0.200. The molecule has 0 radical (unpaired) electrons. The molecule has 0 unspecified atom stereocenters. The quantitative estimate of drug-likeness (QED) is 0.848. The van der Waals surface area contributed by atoms with Gasteiger partial charge in [0.2, 0.25) is 0 Å². The van der Waals surface area contributed by atoms with Gasteiger partial charge in [0.1, 0.15) is 16.3 Å². The van der Waals surface area contributed by atoms with Crippen molar-refractivity contribution in [1.29, 1.82) is 0 Å². The van der Waals surface area contributed by atoms with Gasteiger partial charge in [-0.2, -0.15) is 0 Å². The molecule has 16 heavy (non-hydrogen) atoms. The van der Waals surface area contributed by atoms with Crippen LogP contribution < -0.4 is 11.1 Å². The molecule has 0 fully saturated rings. The zero-order valence-corrected chi connectivity index (χ0v) is 9.50. The summed E-state index contributed by atoms with van der Waals surface area (Å²) < 4.78 is 4.89. The minimum atomic E-state index is -0.187. The molecule has 0 aromatic carbocycles. The number of thiophene rings is 1. The van der Waals surface area contributed by atoms with Crippen molar-refractivity contribution >= 4 is 22.9 Å². The third-order valence-corrected chi connectivity index (χ3v) is 2.94. The van der Waals surface area contributed by atoms with Gasteiger partial charge >= 0.3 is 0 Å². The van der Waals surface area contributed by atoms with E-state index in [1.54, 1.807) is 24.4 Å². The maximum absolute atomic E-state index is 11.7. The molecule has 6 heteroatoms. The highest BCUT2D eigenvalue weighted by Crippen LogP contribution is 2.18. The van der Waals surface area contributed by atoms with E-state index in [0.29, 0.717) is 22.8 Å². The van der Waals surface area contributed by atoms with Crippen molar-refractivity contribution in [3.8, 4) is 0 Å². The summed E-state index contributed by atoms with van der Waals surface area (Å²) in [5.41, 5.74) is 6.82. The Hall–Kier alpha value is -1.82. The molecule has 2 aromatic rings. The number of hydrogen-bond donors (Lipinski definition) is 2. The number of nitrogens with two attached hydrogens (primary N) is 1. The predicted octanol–water partition coefficient (Wildman–Crippen LogP) is 1.56. The van der Waals surface area contributed by atoms with Crippen molar-refractivity contribution in [1.82, 2.24) is 10.5 Å². The maximum Gasteiger partial charge on any atom is 0.263 e. The second kappa shape index (κ2) is 4.36. The van der Waals surface area contributed by atoms with Crippen molar-refractivity contribution < 1.29 is 9.32 Å². The predicted molar refractivity (Wildman–Crippen MR) is 61.1 cm³/mol. The summed E-state index contributed by atoms with van der Waals surface area (Å²) in [6.07, 6.45) is 0. The summed E-state index contributed by atoms with van der Waals surface area (Å²) in [7, 11) is 0. The summed E-state index contributed by atoms with van der Waals surface area (Å²) in [6, 6.07) is 3.48. The van der Waals surface area contributed by atoms with Crippen LogP contribution in [0.1, 0.15) is 21.1 Å². The molecule has 0 saturated carbocycles. The molecule has 0 spiro atoms. The van der Waals surface area contributed by atoms with Crippen LogP contribution in [0.4, 0.5) is 5.69 Å². The molecule has 0 atom stereocenters. The van der Waals surface area contributed by atoms with Crippen LogP contribution >= 0.6 is 11.3 Å². The van der Waals surface area contributed by atoms with Crippen molar-refractivity contribution in [2.24, 2.45) is 0 Å². The highest BCUT2D eigenvalue weighted by Gasteiger charge is 2.11. The fourth-order valence-corrected chi connectivity index (χ4v) is 1.99. The van der Waals surface area contributed by atoms with Gasteiger partial charge in [-0.15, -0.1) is 11.3 Å². The van der Waals surface area contributed by atoms with Gasteiger partial charge in [0.15, 0.2) is 0 Å². The van der Waals surface area contributed by atoms with Gasteiger partial charge in [0.05, 0.1) is 12.2 Å². The SMILES string of the molecule is Cc1cc(CNC(=O)c2sccc2N)no1. The van der Waals surface area contributed by atoms with Crippen molar-refractivity contribution in [3.05, 3.63) is 33.8 Å². The number of anilines is 1. The lowest BCUT2D eigenvalue weighted by Crippen LogP contribution is -2.22. The van der Waals surface area contributed by atoms with Crippen LogP contribution in [-0.2, 0) is 6.54 Å². The summed E-state index contributed by atoms with van der Waals surface area (Å²) in [5.74, 6) is 0.535. The van der Waals surface area contributed by atoms with E-state index in [1.165, 1.54) is 11.3 Å². The Balaban J connectivity index is 1.96. The molecule has 0 saturated heterocycles. The zero-order valence-electron chi connectivity index (χ0n) is 8.69. The molecule has 2 aromatic heterocycles. The highest BCUT2D eigenvalue weighted by atomic mass is 32.1. The highest BCUT2D eigenvalue weighted by molar-refractivity contribution is 7.12. The van der Waals surface area contributed by atoms with E-state index in [4.69, 9.17) is 10.3 Å². The molecule has 84 valence electrons. The number of carbonyl (C=O) groups excluding carboxylic acids is 1. The summed E-state index contributed by atoms with van der Waals surface area (Å²) >= 11 is 1.32. The van der Waals surface area contributed by atoms with Gasteiger partial charge in [-0.05, 0) is 18.4 Å². The summed E-state index contributed by atoms with van der Waals surface area (Å²) in [5, 5.41) is 8.28. The molecule has 0 aliphatic rings. The van der Waals surface area contributed by atoms with Crippen LogP contribution in [0.25, 0.3) is 0 Å². The molecule has 0 aliphatic carbocycles. The number of rotatable bonds is 3. The number of aryl methyl sites for hydroxylation is 1. The Morgan fingerprint density at radius 2 is 2.50 bits per heavy atom. The molecular weight excluding hydrogens is 226 g/mol. The van der Waals surface area contributed by atoms with Crippen molar-refractivity contribution in [2.75, 3.05) is 5.73 Å². The number of nitrogens with zero attached hydrogens (tertiary/aromatic N) is 1. The van der Waals surface area contributed by atoms with Crippen LogP contribution in [-0.4, -0.2) is 11.1 Å². The smallest absolute Gasteiger partial charge is 0.263 e. The average molecular weight is 237 g/mol. The standard InChI is InChI=1S/C10H11N3O2S/c1-6-4-7(13-15-6)5-12-10(14)9-8(11)2-3-16-9/h2-4H,5,11H2,1H3,(H,12,14). The Morgan fingerprint density at radius 3 is 3.06 bits per heavy atom. The first-order valence-corrected chi connectivity index (χ1v) is 5.58. The van der Waals surface area contributed by atoms with Crippen LogP contribution in [0.5, 0.6) is 0 Å². The molecule has 5 nitrogen and oxygen atoms in total. The van der Waals surface area contributed by atoms with Gasteiger partial charge in [-0.1, -0.05) is 5.16 Å². The number of carbonyl (C=O) groups is 1. The van der Waals surface area contributed by atoms with Crippen LogP contribution in [0.15, 0.2) is 22.0 Å². The third kappa shape index (κ3) is 2.22. The molecule has 1 amide bonds. The van der Waals surface area contributed by atoms with E-state index in [2.05, 4.69) is 10.5 Å². The minimum absolute atomic E-state index is 0.187. The van der Waals surface area contributed by atoms with E-state index in [1.807, 2.05) is 0 Å². The van der Waals surface area contributed by atoms with Crippen molar-refractivity contribution in [2.45, 2.75) is 13.5 Å². The lowest BCUT2D eigenvalue weighted by Gasteiger charge is -2.00. The Morgan fingerprint density at radius 1 is 1.69 bits per heavy atom. The average Bonchev–Trinajstić information content (AvgIpc) is 2.84. The molecular formula is C10H11N3O2S. The number of nitrogen functional groups attached to an aromatic ring is 1. The van der Waals surface area contributed by atoms with Gasteiger partial charge in [-0.3, -0.25) is 4.79 Å². The lowest BCUT2D eigenvalue weighted by molar-refractivity contribution is 0.0955. The Kier molecular flexibility index (Phi) is 2.91. The van der Waals surface area contributed by atoms with E-state index >= 15 is 0 Å². The molecule has 3 N–H and O–H groups in total. The lowest BCUT2D eigenvalue weighted by atomic mass is 10.3. The van der Waals surface area contributed by atoms with E-state index in [-0.39, 0.29) is 5.91 Å². The molecule has 2 rings (SSSR count). The molecule has 2 heterocycles. The van der Waals surface area contributed by atoms with Crippen LogP contribution in [0, 0.1) is 6.92 Å². The second-order valence-electron chi connectivity index (χ2n) is 3.32. The molecule has 0 aliphatic heterocycles. The van der Waals surface area contributed by atoms with Gasteiger partial charge in [0.25, 0.3) is 5.91 Å². The number of amides is 1. The first kappa shape index (κ1) is 10.7. The van der Waals surface area contributed by atoms with Gasteiger partial charge < -0.3 is 15.6 Å². The number of aromatic nitrogens is 1. The first-order chi connectivity index (χ1) is 7.66. The summed E-state index contributed by atoms with van der Waals surface area (Å²) in [4.78, 5) is 12.2. The first-order valence-electron chi connectivity index (χ1n) is 4.70. The fourth-order valence-electron chi connectivity index (χ4n) is 1.26. The van der Waals surface area contributed by atoms with E-state index in [0.717, 1.165) is 5.76 Å². The largest absolute Gasteiger partial charge is 0.397 e. The van der Waals surface area contributed by atoms with E-state index in [9.17, 15) is 4.79 Å². The van der Waals surface area contributed by atoms with Crippen molar-refractivity contribution in [3.63, 3.8) is 0 Å². The Bertz CT molecular complexity index is 504. The van der Waals surface area contributed by atoms with E-state index < -0.39 is 0 Å². The monoisotopic (exact) mass is 237 g/mol. The van der Waals surface area contributed by atoms with Gasteiger partial charge in [-0.25, -0.2) is 0 Å². The Labute approximate surface area is 96.2 Å². The van der Waals surface area contributed by atoms with Gasteiger partial charge in [0, 0.05) is 6.07 Å². The molecule has 0 bridgehead atoms. The number of nitrogens with one attached hydrogen (secondary N) is 1. The number of hydrogen-bond acceptors (Lipinski definition) is 5.